The topological polar surface area (TPSA) is 177 Å². The summed E-state index contributed by atoms with van der Waals surface area (Å²) < 4.78 is 10.00. The summed E-state index contributed by atoms with van der Waals surface area (Å²) in [6.07, 6.45) is -12.3. The fourth-order valence-corrected chi connectivity index (χ4v) is 1.91. The van der Waals surface area contributed by atoms with Crippen LogP contribution >= 0.6 is 0 Å². The quantitative estimate of drug-likeness (QED) is 0.241. The maximum atomic E-state index is 11.6. The summed E-state index contributed by atoms with van der Waals surface area (Å²) in [7, 11) is 0. The molecule has 4 unspecified atom stereocenters. The van der Waals surface area contributed by atoms with Crippen LogP contribution in [0.1, 0.15) is 6.92 Å². The molecule has 1 aliphatic rings. The summed E-state index contributed by atoms with van der Waals surface area (Å²) >= 11 is 0. The predicted octanol–water partition coefficient (Wildman–Crippen LogP) is -4.53. The van der Waals surface area contributed by atoms with Gasteiger partial charge in [0.05, 0.1) is 12.7 Å². The molecule has 0 aliphatic carbocycles. The van der Waals surface area contributed by atoms with Gasteiger partial charge in [-0.05, 0) is 6.92 Å². The van der Waals surface area contributed by atoms with Gasteiger partial charge in [0.2, 0.25) is 0 Å². The van der Waals surface area contributed by atoms with Gasteiger partial charge < -0.3 is 45.2 Å². The van der Waals surface area contributed by atoms with Crippen LogP contribution in [0, 0.1) is 0 Å². The number of hydrogen-bond acceptors (Lipinski definition) is 10. The largest absolute Gasteiger partial charge is 0.394 e. The second-order valence-electron chi connectivity index (χ2n) is 5.14. The second-order valence-corrected chi connectivity index (χ2v) is 5.14. The minimum Gasteiger partial charge on any atom is -0.394 e. The van der Waals surface area contributed by atoms with E-state index >= 15 is 0 Å². The van der Waals surface area contributed by atoms with Crippen molar-refractivity contribution in [2.24, 2.45) is 0 Å². The van der Waals surface area contributed by atoms with Crippen LogP contribution in [0.4, 0.5) is 0 Å². The molecule has 0 aromatic heterocycles. The first kappa shape index (κ1) is 19.4. The van der Waals surface area contributed by atoms with Gasteiger partial charge in [-0.15, -0.1) is 0 Å². The van der Waals surface area contributed by atoms with Crippen LogP contribution in [0.3, 0.4) is 0 Å². The van der Waals surface area contributed by atoms with Gasteiger partial charge in [-0.3, -0.25) is 4.79 Å². The number of rotatable bonds is 7. The molecule has 0 saturated carbocycles. The summed E-state index contributed by atoms with van der Waals surface area (Å²) in [6, 6.07) is 0. The van der Waals surface area contributed by atoms with Gasteiger partial charge >= 0.3 is 0 Å². The number of carbonyl (C=O) groups is 1. The molecule has 10 nitrogen and oxygen atoms in total. The SMILES string of the molecule is C[C@@H]1OC(OCC(=O)C(O)C(O)C(O)CO)[C@H](O)[C@H](O)[C@H]1O. The molecule has 1 aliphatic heterocycles. The molecule has 1 fully saturated rings. The van der Waals surface area contributed by atoms with E-state index in [9.17, 15) is 30.3 Å². The zero-order valence-corrected chi connectivity index (χ0v) is 11.9. The average Bonchev–Trinajstić information content (AvgIpc) is 2.52. The van der Waals surface area contributed by atoms with E-state index < -0.39 is 68.0 Å². The molecule has 0 amide bonds. The first-order valence-corrected chi connectivity index (χ1v) is 6.69. The molecule has 0 spiro atoms. The molecule has 130 valence electrons. The third-order valence-electron chi connectivity index (χ3n) is 3.43. The Labute approximate surface area is 126 Å². The van der Waals surface area contributed by atoms with Gasteiger partial charge in [-0.25, -0.2) is 0 Å². The lowest BCUT2D eigenvalue weighted by molar-refractivity contribution is -0.291. The molecule has 7 N–H and O–H groups in total. The zero-order valence-electron chi connectivity index (χ0n) is 11.9. The fourth-order valence-electron chi connectivity index (χ4n) is 1.91. The highest BCUT2D eigenvalue weighted by atomic mass is 16.7. The Hall–Kier alpha value is -0.690. The second kappa shape index (κ2) is 8.24. The summed E-state index contributed by atoms with van der Waals surface area (Å²) in [5, 5.41) is 65.3. The predicted molar refractivity (Wildman–Crippen MR) is 68.4 cm³/mol. The highest BCUT2D eigenvalue weighted by Gasteiger charge is 2.43. The third kappa shape index (κ3) is 4.41. The number of Topliss-reactive ketones (excluding diaryl/α,β-unsaturated/α-hetero) is 1. The van der Waals surface area contributed by atoms with Gasteiger partial charge in [0, 0.05) is 0 Å². The Kier molecular flexibility index (Phi) is 7.25. The van der Waals surface area contributed by atoms with Gasteiger partial charge in [-0.1, -0.05) is 0 Å². The van der Waals surface area contributed by atoms with Crippen LogP contribution in [0.5, 0.6) is 0 Å². The fraction of sp³-hybridized carbons (Fsp3) is 0.917. The Morgan fingerprint density at radius 1 is 1.14 bits per heavy atom. The average molecular weight is 326 g/mol. The first-order valence-electron chi connectivity index (χ1n) is 6.69. The summed E-state index contributed by atoms with van der Waals surface area (Å²) in [6.45, 7) is -0.208. The molecule has 22 heavy (non-hydrogen) atoms. The van der Waals surface area contributed by atoms with Crippen molar-refractivity contribution in [3.05, 3.63) is 0 Å². The van der Waals surface area contributed by atoms with E-state index in [1.165, 1.54) is 6.92 Å². The van der Waals surface area contributed by atoms with Crippen LogP contribution in [-0.2, 0) is 14.3 Å². The summed E-state index contributed by atoms with van der Waals surface area (Å²) in [4.78, 5) is 11.6. The lowest BCUT2D eigenvalue weighted by Crippen LogP contribution is -2.57. The van der Waals surface area contributed by atoms with Crippen molar-refractivity contribution in [3.63, 3.8) is 0 Å². The van der Waals surface area contributed by atoms with E-state index in [-0.39, 0.29) is 0 Å². The molecule has 10 heteroatoms. The highest BCUT2D eigenvalue weighted by Crippen LogP contribution is 2.21. The number of hydrogen-bond donors (Lipinski definition) is 7. The van der Waals surface area contributed by atoms with E-state index in [2.05, 4.69) is 0 Å². The number of aliphatic hydroxyl groups is 7. The Morgan fingerprint density at radius 2 is 1.73 bits per heavy atom. The molecular weight excluding hydrogens is 304 g/mol. The van der Waals surface area contributed by atoms with Gasteiger partial charge in [0.15, 0.2) is 12.1 Å². The molecule has 1 heterocycles. The summed E-state index contributed by atoms with van der Waals surface area (Å²) in [5.41, 5.74) is 0. The molecule has 0 radical (unpaired) electrons. The zero-order chi connectivity index (χ0) is 17.0. The third-order valence-corrected chi connectivity index (χ3v) is 3.43. The van der Waals surface area contributed by atoms with Crippen molar-refractivity contribution < 1.29 is 50.0 Å². The molecule has 0 bridgehead atoms. The number of ether oxygens (including phenoxy) is 2. The molecule has 1 saturated heterocycles. The standard InChI is InChI=1S/C12H22O10/c1-4-7(16)10(19)11(20)12(22-4)21-3-6(15)9(18)8(17)5(14)2-13/h4-5,7-14,16-20H,2-3H2,1H3/t4-,5?,7-,8?,9?,10+,11+,12?/m0/s1. The van der Waals surface area contributed by atoms with E-state index in [1.807, 2.05) is 0 Å². The maximum absolute atomic E-state index is 11.6. The van der Waals surface area contributed by atoms with Crippen molar-refractivity contribution in [2.45, 2.75) is 55.9 Å². The smallest absolute Gasteiger partial charge is 0.189 e. The molecule has 1 rings (SSSR count). The van der Waals surface area contributed by atoms with Crippen molar-refractivity contribution in [1.29, 1.82) is 0 Å². The van der Waals surface area contributed by atoms with Gasteiger partial charge in [0.25, 0.3) is 0 Å². The normalized spacial score (nSPS) is 36.6. The van der Waals surface area contributed by atoms with Crippen LogP contribution in [0.2, 0.25) is 0 Å². The Balaban J connectivity index is 2.53. The number of ketones is 1. The minimum atomic E-state index is -2.00. The molecule has 0 aromatic rings. The first-order chi connectivity index (χ1) is 10.2. The lowest BCUT2D eigenvalue weighted by Gasteiger charge is -2.38. The van der Waals surface area contributed by atoms with Crippen molar-refractivity contribution in [1.82, 2.24) is 0 Å². The minimum absolute atomic E-state index is 0.784. The number of carbonyl (C=O) groups excluding carboxylic acids is 1. The molecular formula is C12H22O10. The van der Waals surface area contributed by atoms with Crippen LogP contribution in [0.25, 0.3) is 0 Å². The molecule has 8 atom stereocenters. The Bertz CT molecular complexity index is 364. The van der Waals surface area contributed by atoms with Crippen molar-refractivity contribution >= 4 is 5.78 Å². The van der Waals surface area contributed by atoms with Gasteiger partial charge in [0.1, 0.15) is 43.2 Å². The van der Waals surface area contributed by atoms with E-state index in [0.717, 1.165) is 0 Å². The lowest BCUT2D eigenvalue weighted by atomic mass is 10.00. The van der Waals surface area contributed by atoms with Crippen LogP contribution < -0.4 is 0 Å². The maximum Gasteiger partial charge on any atom is 0.189 e. The monoisotopic (exact) mass is 326 g/mol. The van der Waals surface area contributed by atoms with Crippen LogP contribution in [-0.4, -0.2) is 104 Å². The van der Waals surface area contributed by atoms with Crippen molar-refractivity contribution in [2.75, 3.05) is 13.2 Å². The van der Waals surface area contributed by atoms with Gasteiger partial charge in [-0.2, -0.15) is 0 Å². The van der Waals surface area contributed by atoms with Crippen LogP contribution in [0.15, 0.2) is 0 Å². The van der Waals surface area contributed by atoms with Crippen molar-refractivity contribution in [3.8, 4) is 0 Å². The van der Waals surface area contributed by atoms with E-state index in [1.54, 1.807) is 0 Å². The summed E-state index contributed by atoms with van der Waals surface area (Å²) in [5.74, 6) is -1.02. The Morgan fingerprint density at radius 3 is 2.27 bits per heavy atom. The van der Waals surface area contributed by atoms with E-state index in [4.69, 9.17) is 19.7 Å². The highest BCUT2D eigenvalue weighted by molar-refractivity contribution is 5.84. The number of aliphatic hydroxyl groups excluding tert-OH is 7. The molecule has 0 aromatic carbocycles. The van der Waals surface area contributed by atoms with E-state index in [0.29, 0.717) is 0 Å².